The van der Waals surface area contributed by atoms with Crippen LogP contribution >= 0.6 is 0 Å². The fourth-order valence-electron chi connectivity index (χ4n) is 2.84. The van der Waals surface area contributed by atoms with Crippen LogP contribution in [0.2, 0.25) is 0 Å². The predicted octanol–water partition coefficient (Wildman–Crippen LogP) is 1.52. The van der Waals surface area contributed by atoms with Crippen LogP contribution < -0.4 is 34.4 Å². The first-order valence-corrected chi connectivity index (χ1v) is 9.60. The SMILES string of the molecule is COc1cc(OC)c([N+](=O)[O-])cc1/C=N/NC(=O)CNC(=O)c1cc(OC)c(OC)c(OC)c1. The van der Waals surface area contributed by atoms with E-state index in [0.717, 1.165) is 0 Å². The van der Waals surface area contributed by atoms with Crippen molar-refractivity contribution in [3.05, 3.63) is 45.5 Å². The number of amides is 2. The van der Waals surface area contributed by atoms with Gasteiger partial charge >= 0.3 is 5.69 Å². The van der Waals surface area contributed by atoms with Crippen LogP contribution in [0, 0.1) is 10.1 Å². The minimum absolute atomic E-state index is 0.0116. The van der Waals surface area contributed by atoms with E-state index in [9.17, 15) is 19.7 Å². The van der Waals surface area contributed by atoms with E-state index < -0.39 is 23.3 Å². The van der Waals surface area contributed by atoms with E-state index in [4.69, 9.17) is 23.7 Å². The lowest BCUT2D eigenvalue weighted by atomic mass is 10.1. The average molecular weight is 476 g/mol. The second-order valence-electron chi connectivity index (χ2n) is 6.41. The number of hydrogen-bond donors (Lipinski definition) is 2. The molecule has 2 N–H and O–H groups in total. The molecule has 2 amide bonds. The van der Waals surface area contributed by atoms with Gasteiger partial charge in [-0.05, 0) is 12.1 Å². The van der Waals surface area contributed by atoms with Crippen molar-refractivity contribution < 1.29 is 38.2 Å². The first-order valence-electron chi connectivity index (χ1n) is 9.60. The summed E-state index contributed by atoms with van der Waals surface area (Å²) in [5, 5.41) is 17.4. The number of nitrogens with zero attached hydrogens (tertiary/aromatic N) is 2. The van der Waals surface area contributed by atoms with Gasteiger partial charge in [0, 0.05) is 23.3 Å². The molecule has 0 aromatic heterocycles. The molecule has 0 aliphatic carbocycles. The largest absolute Gasteiger partial charge is 0.496 e. The van der Waals surface area contributed by atoms with Crippen LogP contribution in [0.4, 0.5) is 5.69 Å². The molecular formula is C21H24N4O9. The lowest BCUT2D eigenvalue weighted by Gasteiger charge is -2.14. The van der Waals surface area contributed by atoms with E-state index in [2.05, 4.69) is 15.8 Å². The standard InChI is InChI=1S/C21H24N4O9/c1-30-15-9-16(31-2)14(25(28)29)6-13(15)10-23-24-19(26)11-22-21(27)12-7-17(32-3)20(34-5)18(8-12)33-4/h6-10H,11H2,1-5H3,(H,22,27)(H,24,26)/b23-10+. The molecule has 182 valence electrons. The zero-order valence-electron chi connectivity index (χ0n) is 19.2. The van der Waals surface area contributed by atoms with Crippen molar-refractivity contribution >= 4 is 23.7 Å². The summed E-state index contributed by atoms with van der Waals surface area (Å²) in [7, 11) is 6.93. The van der Waals surface area contributed by atoms with Gasteiger partial charge in [0.25, 0.3) is 11.8 Å². The van der Waals surface area contributed by atoms with Crippen molar-refractivity contribution in [2.75, 3.05) is 42.1 Å². The smallest absolute Gasteiger partial charge is 0.311 e. The Bertz CT molecular complexity index is 1080. The van der Waals surface area contributed by atoms with E-state index in [1.165, 1.54) is 66.0 Å². The van der Waals surface area contributed by atoms with Gasteiger partial charge in [-0.1, -0.05) is 0 Å². The maximum atomic E-state index is 12.5. The Labute approximate surface area is 194 Å². The van der Waals surface area contributed by atoms with Crippen LogP contribution in [-0.2, 0) is 4.79 Å². The van der Waals surface area contributed by atoms with Gasteiger partial charge in [0.1, 0.15) is 5.75 Å². The van der Waals surface area contributed by atoms with Crippen molar-refractivity contribution in [1.82, 2.24) is 10.7 Å². The van der Waals surface area contributed by atoms with E-state index in [1.807, 2.05) is 0 Å². The summed E-state index contributed by atoms with van der Waals surface area (Å²) in [6.07, 6.45) is 1.17. The summed E-state index contributed by atoms with van der Waals surface area (Å²) in [5.41, 5.74) is 2.34. The highest BCUT2D eigenvalue weighted by molar-refractivity contribution is 5.97. The first-order chi connectivity index (χ1) is 16.3. The summed E-state index contributed by atoms with van der Waals surface area (Å²) >= 11 is 0. The fraction of sp³-hybridized carbons (Fsp3) is 0.286. The third kappa shape index (κ3) is 6.03. The molecule has 0 unspecified atom stereocenters. The zero-order chi connectivity index (χ0) is 25.3. The number of methoxy groups -OCH3 is 5. The van der Waals surface area contributed by atoms with Gasteiger partial charge in [0.05, 0.1) is 53.2 Å². The minimum atomic E-state index is -0.640. The molecule has 0 spiro atoms. The first kappa shape index (κ1) is 25.7. The molecule has 2 rings (SSSR count). The Balaban J connectivity index is 2.06. The highest BCUT2D eigenvalue weighted by Crippen LogP contribution is 2.38. The van der Waals surface area contributed by atoms with Crippen molar-refractivity contribution in [2.45, 2.75) is 0 Å². The third-order valence-corrected chi connectivity index (χ3v) is 4.46. The van der Waals surface area contributed by atoms with Gasteiger partial charge < -0.3 is 29.0 Å². The number of hydrazone groups is 1. The van der Waals surface area contributed by atoms with Crippen molar-refractivity contribution in [3.8, 4) is 28.7 Å². The number of nitrogens with one attached hydrogen (secondary N) is 2. The molecule has 0 saturated carbocycles. The maximum Gasteiger partial charge on any atom is 0.311 e. The second-order valence-corrected chi connectivity index (χ2v) is 6.41. The molecule has 0 saturated heterocycles. The lowest BCUT2D eigenvalue weighted by molar-refractivity contribution is -0.385. The topological polar surface area (TPSA) is 160 Å². The summed E-state index contributed by atoms with van der Waals surface area (Å²) in [5.74, 6) is -0.0615. The van der Waals surface area contributed by atoms with Gasteiger partial charge in [0.2, 0.25) is 11.5 Å². The van der Waals surface area contributed by atoms with Crippen molar-refractivity contribution in [1.29, 1.82) is 0 Å². The monoisotopic (exact) mass is 476 g/mol. The Kier molecular flexibility index (Phi) is 9.00. The molecule has 0 aliphatic heterocycles. The molecule has 0 fully saturated rings. The summed E-state index contributed by atoms with van der Waals surface area (Å²) in [6, 6.07) is 5.41. The van der Waals surface area contributed by atoms with Gasteiger partial charge in [0.15, 0.2) is 11.5 Å². The molecule has 0 bridgehead atoms. The van der Waals surface area contributed by atoms with Crippen LogP contribution in [0.25, 0.3) is 0 Å². The number of carbonyl (C=O) groups is 2. The van der Waals surface area contributed by atoms with Crippen molar-refractivity contribution in [3.63, 3.8) is 0 Å². The Morgan fingerprint density at radius 2 is 1.50 bits per heavy atom. The number of carbonyl (C=O) groups excluding carboxylic acids is 2. The van der Waals surface area contributed by atoms with Crippen LogP contribution in [-0.4, -0.2) is 65.0 Å². The molecule has 0 heterocycles. The summed E-state index contributed by atoms with van der Waals surface area (Å²) < 4.78 is 25.8. The van der Waals surface area contributed by atoms with Crippen LogP contribution in [0.15, 0.2) is 29.4 Å². The third-order valence-electron chi connectivity index (χ3n) is 4.46. The highest BCUT2D eigenvalue weighted by atomic mass is 16.6. The predicted molar refractivity (Wildman–Crippen MR) is 120 cm³/mol. The molecule has 13 nitrogen and oxygen atoms in total. The Morgan fingerprint density at radius 3 is 2.00 bits per heavy atom. The van der Waals surface area contributed by atoms with Crippen LogP contribution in [0.3, 0.4) is 0 Å². The Hall–Kier alpha value is -4.55. The van der Waals surface area contributed by atoms with E-state index in [0.29, 0.717) is 5.75 Å². The molecular weight excluding hydrogens is 452 g/mol. The van der Waals surface area contributed by atoms with E-state index in [-0.39, 0.29) is 39.8 Å². The maximum absolute atomic E-state index is 12.5. The highest BCUT2D eigenvalue weighted by Gasteiger charge is 2.19. The molecule has 0 aliphatic rings. The fourth-order valence-corrected chi connectivity index (χ4v) is 2.84. The molecule has 0 radical (unpaired) electrons. The zero-order valence-corrected chi connectivity index (χ0v) is 19.2. The number of ether oxygens (including phenoxy) is 5. The van der Waals surface area contributed by atoms with Gasteiger partial charge in [-0.2, -0.15) is 5.10 Å². The van der Waals surface area contributed by atoms with Gasteiger partial charge in [-0.3, -0.25) is 19.7 Å². The van der Waals surface area contributed by atoms with Crippen molar-refractivity contribution in [2.24, 2.45) is 5.10 Å². The second kappa shape index (κ2) is 11.9. The van der Waals surface area contributed by atoms with E-state index in [1.54, 1.807) is 0 Å². The number of benzene rings is 2. The van der Waals surface area contributed by atoms with Crippen LogP contribution in [0.5, 0.6) is 28.7 Å². The normalized spacial score (nSPS) is 10.4. The lowest BCUT2D eigenvalue weighted by Crippen LogP contribution is -2.35. The summed E-state index contributed by atoms with van der Waals surface area (Å²) in [6.45, 7) is -0.396. The summed E-state index contributed by atoms with van der Waals surface area (Å²) in [4.78, 5) is 35.1. The number of rotatable bonds is 11. The molecule has 2 aromatic rings. The van der Waals surface area contributed by atoms with Gasteiger partial charge in [-0.15, -0.1) is 0 Å². The molecule has 34 heavy (non-hydrogen) atoms. The molecule has 13 heteroatoms. The van der Waals surface area contributed by atoms with Crippen LogP contribution in [0.1, 0.15) is 15.9 Å². The molecule has 0 atom stereocenters. The minimum Gasteiger partial charge on any atom is -0.496 e. The Morgan fingerprint density at radius 1 is 0.912 bits per heavy atom. The quantitative estimate of drug-likeness (QED) is 0.278. The van der Waals surface area contributed by atoms with Gasteiger partial charge in [-0.25, -0.2) is 5.43 Å². The average Bonchev–Trinajstić information content (AvgIpc) is 2.85. The number of nitro groups is 1. The van der Waals surface area contributed by atoms with E-state index >= 15 is 0 Å². The molecule has 2 aromatic carbocycles. The number of hydrogen-bond acceptors (Lipinski definition) is 10. The number of nitro benzene ring substituents is 1.